The second-order valence-electron chi connectivity index (χ2n) is 6.74. The Kier molecular flexibility index (Phi) is 5.06. The molecule has 1 amide bonds. The minimum atomic E-state index is -0.702. The van der Waals surface area contributed by atoms with Crippen LogP contribution in [0.5, 0.6) is 17.2 Å². The molecule has 7 nitrogen and oxygen atoms in total. The van der Waals surface area contributed by atoms with E-state index in [1.807, 2.05) is 0 Å². The third-order valence-corrected chi connectivity index (χ3v) is 5.33. The molecular weight excluding hydrogens is 326 g/mol. The molecule has 138 valence electrons. The van der Waals surface area contributed by atoms with Gasteiger partial charge in [0, 0.05) is 25.2 Å². The van der Waals surface area contributed by atoms with E-state index in [1.54, 1.807) is 17.0 Å². The van der Waals surface area contributed by atoms with E-state index in [0.717, 1.165) is 0 Å². The van der Waals surface area contributed by atoms with Gasteiger partial charge in [-0.25, -0.2) is 0 Å². The molecule has 2 aliphatic rings. The summed E-state index contributed by atoms with van der Waals surface area (Å²) in [7, 11) is 4.56. The van der Waals surface area contributed by atoms with Crippen LogP contribution in [0.25, 0.3) is 0 Å². The molecule has 0 unspecified atom stereocenters. The summed E-state index contributed by atoms with van der Waals surface area (Å²) in [6.45, 7) is 1.15. The van der Waals surface area contributed by atoms with Crippen molar-refractivity contribution in [3.8, 4) is 17.2 Å². The van der Waals surface area contributed by atoms with Crippen LogP contribution in [0.4, 0.5) is 0 Å². The number of hydrogen-bond acceptors (Lipinski definition) is 6. The Morgan fingerprint density at radius 1 is 0.920 bits per heavy atom. The summed E-state index contributed by atoms with van der Waals surface area (Å²) in [5, 5.41) is 19.7. The Labute approximate surface area is 147 Å². The van der Waals surface area contributed by atoms with Gasteiger partial charge in [0.15, 0.2) is 11.5 Å². The normalized spacial score (nSPS) is 28.4. The molecule has 7 heteroatoms. The lowest BCUT2D eigenvalue weighted by Gasteiger charge is -2.31. The van der Waals surface area contributed by atoms with Gasteiger partial charge in [-0.1, -0.05) is 0 Å². The van der Waals surface area contributed by atoms with Gasteiger partial charge >= 0.3 is 0 Å². The van der Waals surface area contributed by atoms with Crippen LogP contribution in [0.2, 0.25) is 0 Å². The Hall–Kier alpha value is -1.99. The van der Waals surface area contributed by atoms with Crippen LogP contribution in [-0.2, 0) is 0 Å². The molecule has 4 atom stereocenters. The van der Waals surface area contributed by atoms with Crippen molar-refractivity contribution in [2.45, 2.75) is 25.0 Å². The minimum absolute atomic E-state index is 0.142. The molecule has 1 aliphatic heterocycles. The zero-order valence-electron chi connectivity index (χ0n) is 14.8. The average molecular weight is 351 g/mol. The van der Waals surface area contributed by atoms with Gasteiger partial charge in [-0.2, -0.15) is 0 Å². The number of aliphatic hydroxyl groups is 2. The number of hydrogen-bond donors (Lipinski definition) is 2. The zero-order chi connectivity index (χ0) is 18.1. The third-order valence-electron chi connectivity index (χ3n) is 5.33. The van der Waals surface area contributed by atoms with Crippen molar-refractivity contribution in [2.75, 3.05) is 34.4 Å². The fourth-order valence-corrected chi connectivity index (χ4v) is 3.94. The number of likely N-dealkylation sites (tertiary alicyclic amines) is 1. The average Bonchev–Trinajstić information content (AvgIpc) is 3.02. The Balaban J connectivity index is 1.84. The number of fused-ring (bicyclic) bond motifs is 1. The SMILES string of the molecule is COc1cc(OC)c(C(=O)N2C[C@H]3C[C@H](O)[C@H](O)C[C@H]3C2)cc1OC. The number of ether oxygens (including phenoxy) is 3. The number of carbonyl (C=O) groups excluding carboxylic acids is 1. The molecular formula is C18H25NO6. The third kappa shape index (κ3) is 3.26. The van der Waals surface area contributed by atoms with Crippen molar-refractivity contribution in [3.05, 3.63) is 17.7 Å². The van der Waals surface area contributed by atoms with E-state index in [-0.39, 0.29) is 17.7 Å². The van der Waals surface area contributed by atoms with Crippen molar-refractivity contribution in [1.29, 1.82) is 0 Å². The molecule has 2 N–H and O–H groups in total. The molecule has 25 heavy (non-hydrogen) atoms. The molecule has 2 fully saturated rings. The monoisotopic (exact) mass is 351 g/mol. The lowest BCUT2D eigenvalue weighted by atomic mass is 9.79. The number of carbonyl (C=O) groups is 1. The number of rotatable bonds is 4. The smallest absolute Gasteiger partial charge is 0.257 e. The van der Waals surface area contributed by atoms with E-state index in [0.29, 0.717) is 48.7 Å². The lowest BCUT2D eigenvalue weighted by Crippen LogP contribution is -2.38. The van der Waals surface area contributed by atoms with Crippen LogP contribution in [0, 0.1) is 11.8 Å². The quantitative estimate of drug-likeness (QED) is 0.839. The molecule has 1 aromatic rings. The number of amides is 1. The van der Waals surface area contributed by atoms with E-state index in [9.17, 15) is 15.0 Å². The predicted molar refractivity (Wildman–Crippen MR) is 90.2 cm³/mol. The summed E-state index contributed by atoms with van der Waals surface area (Å²) >= 11 is 0. The van der Waals surface area contributed by atoms with Crippen molar-refractivity contribution < 1.29 is 29.2 Å². The topological polar surface area (TPSA) is 88.5 Å². The molecule has 3 rings (SSSR count). The maximum absolute atomic E-state index is 13.0. The van der Waals surface area contributed by atoms with Crippen LogP contribution < -0.4 is 14.2 Å². The van der Waals surface area contributed by atoms with Gasteiger partial charge in [-0.15, -0.1) is 0 Å². The Morgan fingerprint density at radius 3 is 1.88 bits per heavy atom. The summed E-state index contributed by atoms with van der Waals surface area (Å²) in [5.41, 5.74) is 0.417. The van der Waals surface area contributed by atoms with Crippen molar-refractivity contribution >= 4 is 5.91 Å². The summed E-state index contributed by atoms with van der Waals surface area (Å²) in [5.74, 6) is 1.68. The standard InChI is InChI=1S/C18H25NO6/c1-23-15-7-17(25-3)16(24-2)6-12(15)18(22)19-8-10-4-13(20)14(21)5-11(10)9-19/h6-7,10-11,13-14,20-21H,4-5,8-9H2,1-3H3/t10-,11+,13+,14-. The fourth-order valence-electron chi connectivity index (χ4n) is 3.94. The Morgan fingerprint density at radius 2 is 1.40 bits per heavy atom. The van der Waals surface area contributed by atoms with E-state index >= 15 is 0 Å². The van der Waals surface area contributed by atoms with E-state index < -0.39 is 12.2 Å². The highest BCUT2D eigenvalue weighted by molar-refractivity contribution is 5.98. The Bertz CT molecular complexity index is 631. The summed E-state index contributed by atoms with van der Waals surface area (Å²) in [4.78, 5) is 14.8. The molecule has 0 spiro atoms. The number of methoxy groups -OCH3 is 3. The highest BCUT2D eigenvalue weighted by Crippen LogP contribution is 2.39. The lowest BCUT2D eigenvalue weighted by molar-refractivity contribution is -0.0372. The van der Waals surface area contributed by atoms with Crippen LogP contribution in [0.15, 0.2) is 12.1 Å². The van der Waals surface area contributed by atoms with Gasteiger partial charge in [-0.3, -0.25) is 4.79 Å². The van der Waals surface area contributed by atoms with Crippen molar-refractivity contribution in [2.24, 2.45) is 11.8 Å². The van der Waals surface area contributed by atoms with E-state index in [2.05, 4.69) is 0 Å². The van der Waals surface area contributed by atoms with Crippen LogP contribution in [-0.4, -0.2) is 67.6 Å². The highest BCUT2D eigenvalue weighted by atomic mass is 16.5. The fraction of sp³-hybridized carbons (Fsp3) is 0.611. The van der Waals surface area contributed by atoms with E-state index in [4.69, 9.17) is 14.2 Å². The zero-order valence-corrected chi connectivity index (χ0v) is 14.8. The molecule has 1 heterocycles. The molecule has 1 saturated heterocycles. The second kappa shape index (κ2) is 7.09. The molecule has 1 aliphatic carbocycles. The van der Waals surface area contributed by atoms with Gasteiger partial charge in [0.25, 0.3) is 5.91 Å². The summed E-state index contributed by atoms with van der Waals surface area (Å²) < 4.78 is 15.9. The largest absolute Gasteiger partial charge is 0.496 e. The summed E-state index contributed by atoms with van der Waals surface area (Å²) in [6, 6.07) is 3.27. The first kappa shape index (κ1) is 17.8. The predicted octanol–water partition coefficient (Wildman–Crippen LogP) is 0.916. The summed E-state index contributed by atoms with van der Waals surface area (Å²) in [6.07, 6.45) is -0.351. The highest BCUT2D eigenvalue weighted by Gasteiger charge is 2.43. The van der Waals surface area contributed by atoms with Crippen LogP contribution >= 0.6 is 0 Å². The van der Waals surface area contributed by atoms with Crippen molar-refractivity contribution in [3.63, 3.8) is 0 Å². The maximum atomic E-state index is 13.0. The van der Waals surface area contributed by atoms with Crippen molar-refractivity contribution in [1.82, 2.24) is 4.90 Å². The molecule has 1 saturated carbocycles. The van der Waals surface area contributed by atoms with Gasteiger partial charge in [0.1, 0.15) is 5.75 Å². The first-order chi connectivity index (χ1) is 12.0. The maximum Gasteiger partial charge on any atom is 0.257 e. The van der Waals surface area contributed by atoms with Gasteiger partial charge in [-0.05, 0) is 24.7 Å². The van der Waals surface area contributed by atoms with Gasteiger partial charge in [0.05, 0.1) is 39.1 Å². The molecule has 0 bridgehead atoms. The first-order valence-corrected chi connectivity index (χ1v) is 8.43. The van der Waals surface area contributed by atoms with Crippen LogP contribution in [0.1, 0.15) is 23.2 Å². The number of benzene rings is 1. The molecule has 0 radical (unpaired) electrons. The molecule has 1 aromatic carbocycles. The van der Waals surface area contributed by atoms with Crippen LogP contribution in [0.3, 0.4) is 0 Å². The second-order valence-corrected chi connectivity index (χ2v) is 6.74. The number of nitrogens with zero attached hydrogens (tertiary/aromatic N) is 1. The first-order valence-electron chi connectivity index (χ1n) is 8.43. The van der Waals surface area contributed by atoms with Gasteiger partial charge < -0.3 is 29.3 Å². The number of aliphatic hydroxyl groups excluding tert-OH is 2. The minimum Gasteiger partial charge on any atom is -0.496 e. The van der Waals surface area contributed by atoms with Gasteiger partial charge in [0.2, 0.25) is 0 Å². The van der Waals surface area contributed by atoms with E-state index in [1.165, 1.54) is 21.3 Å². The molecule has 0 aromatic heterocycles.